The van der Waals surface area contributed by atoms with Gasteiger partial charge in [0.05, 0.1) is 0 Å². The smallest absolute Gasteiger partial charge is 0.220 e. The molecule has 2 aliphatic heterocycles. The Hall–Kier alpha value is -0.530. The van der Waals surface area contributed by atoms with Crippen molar-refractivity contribution in [2.75, 3.05) is 32.7 Å². The first-order valence-corrected chi connectivity index (χ1v) is 9.51. The van der Waals surface area contributed by atoms with E-state index in [-0.39, 0.29) is 35.3 Å². The standard InChI is InChI=1S/C18H32N4O.HI/c1-2-19-17(20-12-15-7-4-3-5-8-15)22-10-6-9-18(14-22)11-16(23)21-13-18;/h15H,2-14H2,1H3,(H,19,20)(H,21,23);1H. The average molecular weight is 448 g/mol. The molecule has 0 aromatic carbocycles. The van der Waals surface area contributed by atoms with Gasteiger partial charge in [-0.3, -0.25) is 9.79 Å². The number of likely N-dealkylation sites (tertiary alicyclic amines) is 1. The molecule has 3 aliphatic rings. The highest BCUT2D eigenvalue weighted by Gasteiger charge is 2.42. The number of nitrogens with one attached hydrogen (secondary N) is 2. The minimum Gasteiger partial charge on any atom is -0.357 e. The Bertz CT molecular complexity index is 450. The Kier molecular flexibility index (Phi) is 7.62. The van der Waals surface area contributed by atoms with Crippen molar-refractivity contribution in [3.8, 4) is 0 Å². The van der Waals surface area contributed by atoms with E-state index in [0.29, 0.717) is 6.42 Å². The number of rotatable bonds is 3. The molecule has 2 saturated heterocycles. The number of hydrogen-bond donors (Lipinski definition) is 2. The lowest BCUT2D eigenvalue weighted by atomic mass is 9.79. The maximum absolute atomic E-state index is 11.7. The Morgan fingerprint density at radius 1 is 1.33 bits per heavy atom. The molecular formula is C18H33IN4O. The summed E-state index contributed by atoms with van der Waals surface area (Å²) in [5.41, 5.74) is 0.135. The number of amides is 1. The van der Waals surface area contributed by atoms with Gasteiger partial charge in [0.2, 0.25) is 5.91 Å². The summed E-state index contributed by atoms with van der Waals surface area (Å²) in [6, 6.07) is 0. The van der Waals surface area contributed by atoms with Crippen molar-refractivity contribution in [1.82, 2.24) is 15.5 Å². The number of nitrogens with zero attached hydrogens (tertiary/aromatic N) is 2. The molecule has 1 unspecified atom stereocenters. The van der Waals surface area contributed by atoms with Crippen molar-refractivity contribution in [3.05, 3.63) is 0 Å². The third-order valence-corrected chi connectivity index (χ3v) is 5.72. The Labute approximate surface area is 163 Å². The first kappa shape index (κ1) is 19.8. The molecule has 3 rings (SSSR count). The van der Waals surface area contributed by atoms with Gasteiger partial charge in [-0.25, -0.2) is 0 Å². The van der Waals surface area contributed by atoms with Gasteiger partial charge < -0.3 is 15.5 Å². The number of aliphatic imine (C=N–C) groups is 1. The van der Waals surface area contributed by atoms with Crippen LogP contribution < -0.4 is 10.6 Å². The lowest BCUT2D eigenvalue weighted by molar-refractivity contribution is -0.119. The third kappa shape index (κ3) is 4.99. The summed E-state index contributed by atoms with van der Waals surface area (Å²) in [6.45, 7) is 6.86. The third-order valence-electron chi connectivity index (χ3n) is 5.72. The molecule has 1 atom stereocenters. The van der Waals surface area contributed by atoms with E-state index in [2.05, 4.69) is 22.5 Å². The van der Waals surface area contributed by atoms with Gasteiger partial charge in [0, 0.05) is 44.6 Å². The summed E-state index contributed by atoms with van der Waals surface area (Å²) >= 11 is 0. The molecule has 1 aliphatic carbocycles. The second-order valence-corrected chi connectivity index (χ2v) is 7.68. The van der Waals surface area contributed by atoms with Crippen LogP contribution in [0.3, 0.4) is 0 Å². The van der Waals surface area contributed by atoms with Gasteiger partial charge in [0.15, 0.2) is 5.96 Å². The molecule has 0 aromatic heterocycles. The monoisotopic (exact) mass is 448 g/mol. The average Bonchev–Trinajstić information content (AvgIpc) is 2.92. The minimum atomic E-state index is 0. The Morgan fingerprint density at radius 2 is 2.12 bits per heavy atom. The minimum absolute atomic E-state index is 0. The summed E-state index contributed by atoms with van der Waals surface area (Å²) in [5.74, 6) is 2.05. The van der Waals surface area contributed by atoms with Crippen LogP contribution in [0.15, 0.2) is 4.99 Å². The van der Waals surface area contributed by atoms with Crippen LogP contribution in [-0.2, 0) is 4.79 Å². The molecule has 0 radical (unpaired) electrons. The lowest BCUT2D eigenvalue weighted by Crippen LogP contribution is -2.51. The molecule has 138 valence electrons. The first-order chi connectivity index (χ1) is 11.2. The van der Waals surface area contributed by atoms with E-state index in [4.69, 9.17) is 4.99 Å². The molecule has 0 aromatic rings. The largest absolute Gasteiger partial charge is 0.357 e. The Balaban J connectivity index is 0.00000208. The summed E-state index contributed by atoms with van der Waals surface area (Å²) in [5, 5.41) is 6.51. The van der Waals surface area contributed by atoms with Gasteiger partial charge in [0.25, 0.3) is 0 Å². The number of hydrogen-bond acceptors (Lipinski definition) is 2. The van der Waals surface area contributed by atoms with Crippen molar-refractivity contribution >= 4 is 35.8 Å². The van der Waals surface area contributed by atoms with Gasteiger partial charge in [0.1, 0.15) is 0 Å². The molecular weight excluding hydrogens is 415 g/mol. The van der Waals surface area contributed by atoms with Crippen molar-refractivity contribution in [2.24, 2.45) is 16.3 Å². The van der Waals surface area contributed by atoms with E-state index in [9.17, 15) is 4.79 Å². The number of guanidine groups is 1. The molecule has 1 saturated carbocycles. The molecule has 3 fully saturated rings. The molecule has 5 nitrogen and oxygen atoms in total. The molecule has 6 heteroatoms. The predicted octanol–water partition coefficient (Wildman–Crippen LogP) is 2.75. The number of carbonyl (C=O) groups excluding carboxylic acids is 1. The zero-order valence-corrected chi connectivity index (χ0v) is 17.3. The first-order valence-electron chi connectivity index (χ1n) is 9.51. The van der Waals surface area contributed by atoms with Gasteiger partial charge >= 0.3 is 0 Å². The van der Waals surface area contributed by atoms with Crippen LogP contribution in [0.2, 0.25) is 0 Å². The van der Waals surface area contributed by atoms with Gasteiger partial charge in [-0.05, 0) is 38.5 Å². The maximum atomic E-state index is 11.7. The highest BCUT2D eigenvalue weighted by molar-refractivity contribution is 14.0. The molecule has 24 heavy (non-hydrogen) atoms. The van der Waals surface area contributed by atoms with Crippen LogP contribution in [0, 0.1) is 11.3 Å². The summed E-state index contributed by atoms with van der Waals surface area (Å²) in [6.07, 6.45) is 9.82. The van der Waals surface area contributed by atoms with Crippen LogP contribution in [0.5, 0.6) is 0 Å². The zero-order valence-electron chi connectivity index (χ0n) is 15.0. The normalized spacial score (nSPS) is 28.6. The molecule has 2 N–H and O–H groups in total. The predicted molar refractivity (Wildman–Crippen MR) is 109 cm³/mol. The second-order valence-electron chi connectivity index (χ2n) is 7.68. The molecule has 1 spiro atoms. The van der Waals surface area contributed by atoms with Crippen molar-refractivity contribution in [2.45, 2.75) is 58.3 Å². The van der Waals surface area contributed by atoms with E-state index in [1.54, 1.807) is 0 Å². The van der Waals surface area contributed by atoms with E-state index in [0.717, 1.165) is 57.4 Å². The fourth-order valence-electron chi connectivity index (χ4n) is 4.44. The fraction of sp³-hybridized carbons (Fsp3) is 0.889. The van der Waals surface area contributed by atoms with Gasteiger partial charge in [-0.2, -0.15) is 0 Å². The van der Waals surface area contributed by atoms with E-state index < -0.39 is 0 Å². The fourth-order valence-corrected chi connectivity index (χ4v) is 4.44. The summed E-state index contributed by atoms with van der Waals surface area (Å²) in [4.78, 5) is 19.0. The quantitative estimate of drug-likeness (QED) is 0.397. The van der Waals surface area contributed by atoms with Crippen molar-refractivity contribution in [3.63, 3.8) is 0 Å². The van der Waals surface area contributed by atoms with Crippen LogP contribution in [0.25, 0.3) is 0 Å². The van der Waals surface area contributed by atoms with Gasteiger partial charge in [-0.1, -0.05) is 19.3 Å². The second kappa shape index (κ2) is 9.25. The SMILES string of the molecule is CCNC(=NCC1CCCCC1)N1CCCC2(CNC(=O)C2)C1.I. The molecule has 2 heterocycles. The Morgan fingerprint density at radius 3 is 2.79 bits per heavy atom. The lowest BCUT2D eigenvalue weighted by Gasteiger charge is -2.41. The molecule has 0 bridgehead atoms. The summed E-state index contributed by atoms with van der Waals surface area (Å²) in [7, 11) is 0. The van der Waals surface area contributed by atoms with Crippen LogP contribution in [-0.4, -0.2) is 49.5 Å². The van der Waals surface area contributed by atoms with Crippen molar-refractivity contribution < 1.29 is 4.79 Å². The van der Waals surface area contributed by atoms with E-state index in [1.807, 2.05) is 0 Å². The summed E-state index contributed by atoms with van der Waals surface area (Å²) < 4.78 is 0. The van der Waals surface area contributed by atoms with Crippen LogP contribution in [0.1, 0.15) is 58.3 Å². The maximum Gasteiger partial charge on any atom is 0.220 e. The number of piperidine rings is 1. The number of halogens is 1. The van der Waals surface area contributed by atoms with Crippen molar-refractivity contribution in [1.29, 1.82) is 0 Å². The van der Waals surface area contributed by atoms with E-state index >= 15 is 0 Å². The van der Waals surface area contributed by atoms with Crippen LogP contribution in [0.4, 0.5) is 0 Å². The number of carbonyl (C=O) groups is 1. The highest BCUT2D eigenvalue weighted by atomic mass is 127. The molecule has 1 amide bonds. The zero-order chi connectivity index (χ0) is 16.1. The van der Waals surface area contributed by atoms with Gasteiger partial charge in [-0.15, -0.1) is 24.0 Å². The highest BCUT2D eigenvalue weighted by Crippen LogP contribution is 2.36. The van der Waals surface area contributed by atoms with Crippen LogP contribution >= 0.6 is 24.0 Å². The van der Waals surface area contributed by atoms with E-state index in [1.165, 1.54) is 32.1 Å². The topological polar surface area (TPSA) is 56.7 Å².